The molecule has 1 aromatic carbocycles. The summed E-state index contributed by atoms with van der Waals surface area (Å²) in [5.74, 6) is -0.258. The van der Waals surface area contributed by atoms with Crippen LogP contribution in [0.2, 0.25) is 0 Å². The van der Waals surface area contributed by atoms with Crippen molar-refractivity contribution in [2.75, 3.05) is 6.61 Å². The summed E-state index contributed by atoms with van der Waals surface area (Å²) in [4.78, 5) is 11.9. The van der Waals surface area contributed by atoms with E-state index in [0.29, 0.717) is 6.61 Å². The molecule has 0 saturated heterocycles. The first-order valence-electron chi connectivity index (χ1n) is 10.3. The molecule has 1 aromatic rings. The monoisotopic (exact) mass is 380 g/mol. The van der Waals surface area contributed by atoms with E-state index in [9.17, 15) is 4.79 Å². The van der Waals surface area contributed by atoms with Crippen molar-refractivity contribution < 1.29 is 9.53 Å². The van der Waals surface area contributed by atoms with Crippen LogP contribution >= 0.6 is 0 Å². The number of ether oxygens (including phenoxy) is 1. The van der Waals surface area contributed by atoms with Gasteiger partial charge in [-0.1, -0.05) is 79.5 Å². The maximum absolute atomic E-state index is 11.9. The molecule has 152 valence electrons. The first-order chi connectivity index (χ1) is 13.4. The Morgan fingerprint density at radius 1 is 1.04 bits per heavy atom. The quantitative estimate of drug-likeness (QED) is 0.130. The SMILES string of the molecule is CCCCCOC(=O)/C=C(/C)c1ccc(/C=C/C=C(\C)CCC=C(C)C)cc1. The summed E-state index contributed by atoms with van der Waals surface area (Å²) < 4.78 is 5.24. The molecule has 2 heteroatoms. The topological polar surface area (TPSA) is 26.3 Å². The van der Waals surface area contributed by atoms with Gasteiger partial charge in [-0.2, -0.15) is 0 Å². The van der Waals surface area contributed by atoms with Crippen molar-refractivity contribution in [3.05, 3.63) is 70.8 Å². The molecule has 0 atom stereocenters. The van der Waals surface area contributed by atoms with Gasteiger partial charge in [0, 0.05) is 6.08 Å². The summed E-state index contributed by atoms with van der Waals surface area (Å²) in [5, 5.41) is 0. The lowest BCUT2D eigenvalue weighted by molar-refractivity contribution is -0.137. The van der Waals surface area contributed by atoms with Crippen molar-refractivity contribution in [3.63, 3.8) is 0 Å². The Balaban J connectivity index is 2.56. The smallest absolute Gasteiger partial charge is 0.331 e. The largest absolute Gasteiger partial charge is 0.463 e. The van der Waals surface area contributed by atoms with Gasteiger partial charge in [0.2, 0.25) is 0 Å². The van der Waals surface area contributed by atoms with Crippen molar-refractivity contribution in [1.29, 1.82) is 0 Å². The number of benzene rings is 1. The van der Waals surface area contributed by atoms with Gasteiger partial charge < -0.3 is 4.74 Å². The number of carbonyl (C=O) groups is 1. The second kappa shape index (κ2) is 13.8. The summed E-state index contributed by atoms with van der Waals surface area (Å²) in [6, 6.07) is 8.23. The van der Waals surface area contributed by atoms with Crippen LogP contribution in [0, 0.1) is 0 Å². The van der Waals surface area contributed by atoms with Crippen LogP contribution in [0.3, 0.4) is 0 Å². The van der Waals surface area contributed by atoms with Crippen LogP contribution in [0.1, 0.15) is 77.8 Å². The molecule has 0 aliphatic carbocycles. The molecule has 0 unspecified atom stereocenters. The lowest BCUT2D eigenvalue weighted by Gasteiger charge is -2.04. The minimum atomic E-state index is -0.258. The third kappa shape index (κ3) is 10.7. The molecule has 0 aliphatic rings. The van der Waals surface area contributed by atoms with Crippen molar-refractivity contribution in [2.24, 2.45) is 0 Å². The van der Waals surface area contributed by atoms with E-state index < -0.39 is 0 Å². The van der Waals surface area contributed by atoms with E-state index in [-0.39, 0.29) is 5.97 Å². The zero-order chi connectivity index (χ0) is 20.8. The van der Waals surface area contributed by atoms with Crippen LogP contribution in [0.4, 0.5) is 0 Å². The van der Waals surface area contributed by atoms with Crippen molar-refractivity contribution in [3.8, 4) is 0 Å². The number of hydrogen-bond acceptors (Lipinski definition) is 2. The number of allylic oxidation sites excluding steroid dienone is 6. The van der Waals surface area contributed by atoms with Gasteiger partial charge in [-0.3, -0.25) is 0 Å². The average molecular weight is 381 g/mol. The highest BCUT2D eigenvalue weighted by atomic mass is 16.5. The second-order valence-electron chi connectivity index (χ2n) is 7.52. The van der Waals surface area contributed by atoms with Crippen molar-refractivity contribution >= 4 is 17.6 Å². The van der Waals surface area contributed by atoms with E-state index >= 15 is 0 Å². The molecule has 0 spiro atoms. The van der Waals surface area contributed by atoms with Crippen LogP contribution in [-0.4, -0.2) is 12.6 Å². The molecule has 0 saturated carbocycles. The molecular weight excluding hydrogens is 344 g/mol. The van der Waals surface area contributed by atoms with Gasteiger partial charge in [0.25, 0.3) is 0 Å². The summed E-state index contributed by atoms with van der Waals surface area (Å²) in [7, 11) is 0. The summed E-state index contributed by atoms with van der Waals surface area (Å²) >= 11 is 0. The van der Waals surface area contributed by atoms with E-state index in [4.69, 9.17) is 4.74 Å². The lowest BCUT2D eigenvalue weighted by Crippen LogP contribution is -2.03. The Morgan fingerprint density at radius 2 is 1.75 bits per heavy atom. The number of esters is 1. The Morgan fingerprint density at radius 3 is 2.39 bits per heavy atom. The standard InChI is InChI=1S/C26H36O2/c1-6-7-8-19-28-26(27)20-23(5)25-17-15-24(16-18-25)14-10-13-22(4)12-9-11-21(2)3/h10-11,13-18,20H,6-9,12,19H2,1-5H3/b14-10+,22-13+,23-20-. The third-order valence-electron chi connectivity index (χ3n) is 4.45. The maximum Gasteiger partial charge on any atom is 0.331 e. The van der Waals surface area contributed by atoms with Crippen LogP contribution in [0.15, 0.2) is 59.7 Å². The molecule has 0 aromatic heterocycles. The number of carbonyl (C=O) groups excluding carboxylic acids is 1. The van der Waals surface area contributed by atoms with Crippen molar-refractivity contribution in [1.82, 2.24) is 0 Å². The zero-order valence-corrected chi connectivity index (χ0v) is 18.3. The lowest BCUT2D eigenvalue weighted by atomic mass is 10.0. The highest BCUT2D eigenvalue weighted by Crippen LogP contribution is 2.16. The average Bonchev–Trinajstić information content (AvgIpc) is 2.65. The van der Waals surface area contributed by atoms with Gasteiger partial charge in [-0.15, -0.1) is 0 Å². The van der Waals surface area contributed by atoms with E-state index in [1.807, 2.05) is 19.1 Å². The van der Waals surface area contributed by atoms with E-state index in [0.717, 1.165) is 48.8 Å². The van der Waals surface area contributed by atoms with Gasteiger partial charge in [0.1, 0.15) is 0 Å². The summed E-state index contributed by atoms with van der Waals surface area (Å²) in [5.41, 5.74) is 5.85. The molecule has 28 heavy (non-hydrogen) atoms. The maximum atomic E-state index is 11.9. The fourth-order valence-corrected chi connectivity index (χ4v) is 2.68. The number of unbranched alkanes of at least 4 members (excludes halogenated alkanes) is 2. The molecule has 0 heterocycles. The van der Waals surface area contributed by atoms with Gasteiger partial charge >= 0.3 is 5.97 Å². The fraction of sp³-hybridized carbons (Fsp3) is 0.423. The first kappa shape index (κ1) is 23.7. The molecule has 0 bridgehead atoms. The Labute approximate surface area is 171 Å². The van der Waals surface area contributed by atoms with Gasteiger partial charge in [-0.05, 0) is 63.7 Å². The zero-order valence-electron chi connectivity index (χ0n) is 18.3. The molecule has 1 rings (SSSR count). The fourth-order valence-electron chi connectivity index (χ4n) is 2.68. The highest BCUT2D eigenvalue weighted by molar-refractivity contribution is 5.90. The Hall–Kier alpha value is -2.35. The number of rotatable bonds is 11. The van der Waals surface area contributed by atoms with E-state index in [1.165, 1.54) is 11.1 Å². The second-order valence-corrected chi connectivity index (χ2v) is 7.52. The third-order valence-corrected chi connectivity index (χ3v) is 4.45. The van der Waals surface area contributed by atoms with Gasteiger partial charge in [-0.25, -0.2) is 4.79 Å². The van der Waals surface area contributed by atoms with Crippen molar-refractivity contribution in [2.45, 2.75) is 66.7 Å². The minimum Gasteiger partial charge on any atom is -0.463 e. The Bertz CT molecular complexity index is 711. The molecular formula is C26H36O2. The van der Waals surface area contributed by atoms with E-state index in [1.54, 1.807) is 6.08 Å². The summed E-state index contributed by atoms with van der Waals surface area (Å²) in [6.45, 7) is 11.0. The van der Waals surface area contributed by atoms with Crippen LogP contribution in [0.5, 0.6) is 0 Å². The molecule has 0 N–H and O–H groups in total. The highest BCUT2D eigenvalue weighted by Gasteiger charge is 2.02. The Kier molecular flexibility index (Phi) is 11.6. The predicted octanol–water partition coefficient (Wildman–Crippen LogP) is 7.53. The predicted molar refractivity (Wildman–Crippen MR) is 122 cm³/mol. The van der Waals surface area contributed by atoms with Crippen LogP contribution < -0.4 is 0 Å². The summed E-state index contributed by atoms with van der Waals surface area (Å²) in [6.07, 6.45) is 15.6. The molecule has 0 radical (unpaired) electrons. The number of hydrogen-bond donors (Lipinski definition) is 0. The normalized spacial score (nSPS) is 12.3. The molecule has 0 fully saturated rings. The molecule has 0 amide bonds. The minimum absolute atomic E-state index is 0.258. The van der Waals surface area contributed by atoms with Gasteiger partial charge in [0.15, 0.2) is 0 Å². The van der Waals surface area contributed by atoms with Crippen LogP contribution in [0.25, 0.3) is 11.6 Å². The van der Waals surface area contributed by atoms with E-state index in [2.05, 4.69) is 64.1 Å². The first-order valence-corrected chi connectivity index (χ1v) is 10.3. The van der Waals surface area contributed by atoms with Crippen LogP contribution in [-0.2, 0) is 9.53 Å². The molecule has 0 aliphatic heterocycles. The van der Waals surface area contributed by atoms with Gasteiger partial charge in [0.05, 0.1) is 6.61 Å². The molecule has 2 nitrogen and oxygen atoms in total.